The summed E-state index contributed by atoms with van der Waals surface area (Å²) in [6, 6.07) is 0.360. The summed E-state index contributed by atoms with van der Waals surface area (Å²) >= 11 is 0. The first-order valence-electron chi connectivity index (χ1n) is 6.93. The molecule has 0 bridgehead atoms. The number of likely N-dealkylation sites (N-methyl/N-ethyl adjacent to an activating group) is 1. The molecule has 0 aliphatic rings. The van der Waals surface area contributed by atoms with Crippen LogP contribution >= 0.6 is 0 Å². The van der Waals surface area contributed by atoms with Crippen molar-refractivity contribution < 1.29 is 9.53 Å². The first kappa shape index (κ1) is 17.4. The van der Waals surface area contributed by atoms with Crippen molar-refractivity contribution >= 4 is 5.97 Å². The van der Waals surface area contributed by atoms with Gasteiger partial charge in [-0.25, -0.2) is 0 Å². The summed E-state index contributed by atoms with van der Waals surface area (Å²) in [6.45, 7) is 10.4. The van der Waals surface area contributed by atoms with E-state index in [0.29, 0.717) is 12.0 Å². The summed E-state index contributed by atoms with van der Waals surface area (Å²) in [5.74, 6) is 0.536. The monoisotopic (exact) mass is 258 g/mol. The highest BCUT2D eigenvalue weighted by Gasteiger charge is 2.19. The van der Waals surface area contributed by atoms with Crippen LogP contribution in [-0.2, 0) is 9.53 Å². The Labute approximate surface area is 112 Å². The SMILES string of the molecule is CCNC(CCN(C)C(C)CC(C)C)C(=O)OC. The van der Waals surface area contributed by atoms with Crippen LogP contribution in [0.1, 0.15) is 40.5 Å². The number of hydrogen-bond donors (Lipinski definition) is 1. The van der Waals surface area contributed by atoms with Crippen LogP contribution in [0.15, 0.2) is 0 Å². The summed E-state index contributed by atoms with van der Waals surface area (Å²) in [4.78, 5) is 13.9. The van der Waals surface area contributed by atoms with Gasteiger partial charge >= 0.3 is 5.97 Å². The van der Waals surface area contributed by atoms with Crippen molar-refractivity contribution in [2.24, 2.45) is 5.92 Å². The second-order valence-corrected chi connectivity index (χ2v) is 5.38. The molecular formula is C14H30N2O2. The fourth-order valence-corrected chi connectivity index (χ4v) is 2.11. The van der Waals surface area contributed by atoms with Crippen molar-refractivity contribution in [1.82, 2.24) is 10.2 Å². The topological polar surface area (TPSA) is 41.6 Å². The first-order valence-corrected chi connectivity index (χ1v) is 6.93. The highest BCUT2D eigenvalue weighted by Crippen LogP contribution is 2.10. The zero-order chi connectivity index (χ0) is 14.1. The summed E-state index contributed by atoms with van der Waals surface area (Å²) in [5, 5.41) is 3.17. The van der Waals surface area contributed by atoms with Crippen molar-refractivity contribution in [3.63, 3.8) is 0 Å². The maximum atomic E-state index is 11.6. The minimum absolute atomic E-state index is 0.165. The van der Waals surface area contributed by atoms with E-state index in [-0.39, 0.29) is 12.0 Å². The van der Waals surface area contributed by atoms with Crippen molar-refractivity contribution in [1.29, 1.82) is 0 Å². The Morgan fingerprint density at radius 1 is 1.33 bits per heavy atom. The molecule has 0 aromatic heterocycles. The lowest BCUT2D eigenvalue weighted by Gasteiger charge is -2.27. The van der Waals surface area contributed by atoms with Crippen LogP contribution in [0.3, 0.4) is 0 Å². The zero-order valence-corrected chi connectivity index (χ0v) is 12.8. The number of esters is 1. The molecule has 108 valence electrons. The molecule has 4 nitrogen and oxygen atoms in total. The number of rotatable bonds is 9. The van der Waals surface area contributed by atoms with E-state index < -0.39 is 0 Å². The van der Waals surface area contributed by atoms with Crippen molar-refractivity contribution in [3.05, 3.63) is 0 Å². The third kappa shape index (κ3) is 6.97. The lowest BCUT2D eigenvalue weighted by atomic mass is 10.0. The Hall–Kier alpha value is -0.610. The molecule has 2 unspecified atom stereocenters. The molecule has 0 fully saturated rings. The molecule has 18 heavy (non-hydrogen) atoms. The minimum Gasteiger partial charge on any atom is -0.468 e. The molecule has 4 heteroatoms. The van der Waals surface area contributed by atoms with Gasteiger partial charge in [-0.3, -0.25) is 4.79 Å². The zero-order valence-electron chi connectivity index (χ0n) is 12.8. The molecule has 0 aliphatic heterocycles. The maximum absolute atomic E-state index is 11.6. The number of methoxy groups -OCH3 is 1. The largest absolute Gasteiger partial charge is 0.468 e. The lowest BCUT2D eigenvalue weighted by molar-refractivity contribution is -0.143. The molecule has 0 heterocycles. The number of hydrogen-bond acceptors (Lipinski definition) is 4. The van der Waals surface area contributed by atoms with Gasteiger partial charge in [-0.15, -0.1) is 0 Å². The molecule has 0 spiro atoms. The van der Waals surface area contributed by atoms with Gasteiger partial charge in [-0.2, -0.15) is 0 Å². The molecule has 0 aliphatic carbocycles. The molecule has 2 atom stereocenters. The third-order valence-electron chi connectivity index (χ3n) is 3.27. The van der Waals surface area contributed by atoms with Gasteiger partial charge in [0.15, 0.2) is 0 Å². The summed E-state index contributed by atoms with van der Waals surface area (Å²) < 4.78 is 4.80. The predicted molar refractivity (Wildman–Crippen MR) is 75.6 cm³/mol. The smallest absolute Gasteiger partial charge is 0.322 e. The number of nitrogens with one attached hydrogen (secondary N) is 1. The maximum Gasteiger partial charge on any atom is 0.322 e. The van der Waals surface area contributed by atoms with Crippen LogP contribution in [0.25, 0.3) is 0 Å². The third-order valence-corrected chi connectivity index (χ3v) is 3.27. The highest BCUT2D eigenvalue weighted by atomic mass is 16.5. The van der Waals surface area contributed by atoms with Gasteiger partial charge in [0.1, 0.15) is 6.04 Å². The second-order valence-electron chi connectivity index (χ2n) is 5.38. The van der Waals surface area contributed by atoms with E-state index in [1.807, 2.05) is 6.92 Å². The van der Waals surface area contributed by atoms with Crippen molar-refractivity contribution in [3.8, 4) is 0 Å². The Morgan fingerprint density at radius 2 is 1.94 bits per heavy atom. The lowest BCUT2D eigenvalue weighted by Crippen LogP contribution is -2.41. The number of nitrogens with zero attached hydrogens (tertiary/aromatic N) is 1. The van der Waals surface area contributed by atoms with E-state index >= 15 is 0 Å². The quantitative estimate of drug-likeness (QED) is 0.641. The molecule has 0 amide bonds. The molecule has 0 radical (unpaired) electrons. The van der Waals surface area contributed by atoms with E-state index in [1.54, 1.807) is 0 Å². The van der Waals surface area contributed by atoms with Crippen LogP contribution in [0.4, 0.5) is 0 Å². The van der Waals surface area contributed by atoms with Gasteiger partial charge < -0.3 is 15.0 Å². The fraction of sp³-hybridized carbons (Fsp3) is 0.929. The van der Waals surface area contributed by atoms with Crippen LogP contribution in [-0.4, -0.2) is 50.2 Å². The Kier molecular flexibility index (Phi) is 9.02. The molecule has 0 aromatic rings. The first-order chi connectivity index (χ1) is 8.42. The van der Waals surface area contributed by atoms with Crippen LogP contribution in [0.5, 0.6) is 0 Å². The normalized spacial score (nSPS) is 14.9. The molecule has 0 rings (SSSR count). The Morgan fingerprint density at radius 3 is 2.39 bits per heavy atom. The van der Waals surface area contributed by atoms with Gasteiger partial charge in [0, 0.05) is 12.6 Å². The Bertz CT molecular complexity index is 232. The van der Waals surface area contributed by atoms with E-state index in [9.17, 15) is 4.79 Å². The van der Waals surface area contributed by atoms with Crippen molar-refractivity contribution in [2.45, 2.75) is 52.6 Å². The average Bonchev–Trinajstić information content (AvgIpc) is 2.32. The molecule has 0 saturated heterocycles. The van der Waals surface area contributed by atoms with E-state index in [0.717, 1.165) is 19.5 Å². The molecule has 0 aromatic carbocycles. The summed E-state index contributed by atoms with van der Waals surface area (Å²) in [5.41, 5.74) is 0. The summed E-state index contributed by atoms with van der Waals surface area (Å²) in [7, 11) is 3.56. The van der Waals surface area contributed by atoms with Crippen molar-refractivity contribution in [2.75, 3.05) is 27.2 Å². The van der Waals surface area contributed by atoms with Crippen LogP contribution < -0.4 is 5.32 Å². The highest BCUT2D eigenvalue weighted by molar-refractivity contribution is 5.75. The number of carbonyl (C=O) groups is 1. The molecule has 1 N–H and O–H groups in total. The minimum atomic E-state index is -0.186. The van der Waals surface area contributed by atoms with Gasteiger partial charge in [0.05, 0.1) is 7.11 Å². The van der Waals surface area contributed by atoms with E-state index in [2.05, 4.69) is 38.0 Å². The molecule has 0 saturated carbocycles. The summed E-state index contributed by atoms with van der Waals surface area (Å²) in [6.07, 6.45) is 1.97. The number of carbonyl (C=O) groups excluding carboxylic acids is 1. The van der Waals surface area contributed by atoms with Crippen LogP contribution in [0, 0.1) is 5.92 Å². The Balaban J connectivity index is 4.13. The van der Waals surface area contributed by atoms with E-state index in [1.165, 1.54) is 13.5 Å². The number of ether oxygens (including phenoxy) is 1. The van der Waals surface area contributed by atoms with Gasteiger partial charge in [-0.1, -0.05) is 20.8 Å². The van der Waals surface area contributed by atoms with Gasteiger partial charge in [0.25, 0.3) is 0 Å². The van der Waals surface area contributed by atoms with E-state index in [4.69, 9.17) is 4.74 Å². The van der Waals surface area contributed by atoms with Gasteiger partial charge in [0.2, 0.25) is 0 Å². The van der Waals surface area contributed by atoms with Crippen LogP contribution in [0.2, 0.25) is 0 Å². The average molecular weight is 258 g/mol. The molecular weight excluding hydrogens is 228 g/mol. The second kappa shape index (κ2) is 9.34. The standard InChI is InChI=1S/C14H30N2O2/c1-7-15-13(14(17)18-6)8-9-16(5)12(4)10-11(2)3/h11-13,15H,7-10H2,1-6H3. The fourth-order valence-electron chi connectivity index (χ4n) is 2.11. The van der Waals surface area contributed by atoms with Gasteiger partial charge in [-0.05, 0) is 39.3 Å². The predicted octanol–water partition coefficient (Wildman–Crippen LogP) is 1.89.